The fourth-order valence-corrected chi connectivity index (χ4v) is 2.78. The van der Waals surface area contributed by atoms with Crippen molar-refractivity contribution in [1.29, 1.82) is 5.26 Å². The molecule has 0 atom stereocenters. The Morgan fingerprint density at radius 3 is 2.55 bits per heavy atom. The van der Waals surface area contributed by atoms with Gasteiger partial charge in [-0.3, -0.25) is 10.1 Å². The molecule has 0 aliphatic carbocycles. The minimum absolute atomic E-state index is 0.00606. The van der Waals surface area contributed by atoms with Gasteiger partial charge in [0.2, 0.25) is 0 Å². The number of allylic oxidation sites excluding steroid dienone is 1. The van der Waals surface area contributed by atoms with Crippen molar-refractivity contribution in [3.63, 3.8) is 0 Å². The highest BCUT2D eigenvalue weighted by molar-refractivity contribution is 5.92. The number of rotatable bonds is 6. The molecule has 3 rings (SSSR count). The van der Waals surface area contributed by atoms with Gasteiger partial charge in [0.15, 0.2) is 11.5 Å². The van der Waals surface area contributed by atoms with Gasteiger partial charge in [-0.25, -0.2) is 9.18 Å². The first-order valence-corrected chi connectivity index (χ1v) is 8.94. The normalized spacial score (nSPS) is 10.8. The molecule has 0 fully saturated rings. The number of benzene rings is 3. The molecule has 0 unspecified atom stereocenters. The summed E-state index contributed by atoms with van der Waals surface area (Å²) in [5.41, 5.74) is 0.559. The number of non-ortho nitro benzene ring substituents is 1. The number of hydrogen-bond acceptors (Lipinski definition) is 6. The van der Waals surface area contributed by atoms with Crippen LogP contribution < -0.4 is 9.47 Å². The maximum absolute atomic E-state index is 14.0. The van der Waals surface area contributed by atoms with E-state index in [1.165, 1.54) is 61.7 Å². The lowest BCUT2D eigenvalue weighted by atomic mass is 10.0. The molecule has 0 spiro atoms. The summed E-state index contributed by atoms with van der Waals surface area (Å²) in [6.45, 7) is 0. The Kier molecular flexibility index (Phi) is 6.38. The number of carbonyl (C=O) groups excluding carboxylic acids is 1. The van der Waals surface area contributed by atoms with E-state index in [-0.39, 0.29) is 33.9 Å². The minimum atomic E-state index is -0.797. The Labute approximate surface area is 176 Å². The zero-order valence-corrected chi connectivity index (χ0v) is 16.2. The first-order chi connectivity index (χ1) is 14.9. The fourth-order valence-electron chi connectivity index (χ4n) is 2.78. The zero-order chi connectivity index (χ0) is 22.4. The van der Waals surface area contributed by atoms with Crippen LogP contribution in [0, 0.1) is 27.3 Å². The quantitative estimate of drug-likeness (QED) is 0.139. The van der Waals surface area contributed by atoms with Crippen LogP contribution in [-0.4, -0.2) is 18.0 Å². The van der Waals surface area contributed by atoms with Crippen molar-refractivity contribution in [3.8, 4) is 17.6 Å². The lowest BCUT2D eigenvalue weighted by Crippen LogP contribution is -2.09. The molecule has 0 heterocycles. The second-order valence-electron chi connectivity index (χ2n) is 6.26. The van der Waals surface area contributed by atoms with E-state index in [1.54, 1.807) is 12.1 Å². The molecule has 3 aromatic carbocycles. The summed E-state index contributed by atoms with van der Waals surface area (Å²) in [5, 5.41) is 20.3. The van der Waals surface area contributed by atoms with Crippen molar-refractivity contribution in [2.45, 2.75) is 0 Å². The minimum Gasteiger partial charge on any atom is -0.493 e. The van der Waals surface area contributed by atoms with Crippen LogP contribution in [0.25, 0.3) is 11.6 Å². The van der Waals surface area contributed by atoms with Crippen LogP contribution in [0.1, 0.15) is 21.5 Å². The average molecular weight is 418 g/mol. The molecular weight excluding hydrogens is 403 g/mol. The molecule has 154 valence electrons. The van der Waals surface area contributed by atoms with E-state index in [4.69, 9.17) is 9.47 Å². The maximum atomic E-state index is 14.0. The van der Waals surface area contributed by atoms with Crippen molar-refractivity contribution in [2.24, 2.45) is 0 Å². The smallest absolute Gasteiger partial charge is 0.343 e. The van der Waals surface area contributed by atoms with Crippen LogP contribution in [-0.2, 0) is 0 Å². The van der Waals surface area contributed by atoms with Crippen LogP contribution in [0.4, 0.5) is 10.1 Å². The van der Waals surface area contributed by atoms with Gasteiger partial charge in [0.25, 0.3) is 5.69 Å². The number of nitrogens with zero attached hydrogens (tertiary/aromatic N) is 2. The topological polar surface area (TPSA) is 102 Å². The Morgan fingerprint density at radius 2 is 1.87 bits per heavy atom. The molecule has 0 aliphatic heterocycles. The zero-order valence-electron chi connectivity index (χ0n) is 16.2. The van der Waals surface area contributed by atoms with E-state index in [0.29, 0.717) is 5.56 Å². The van der Waals surface area contributed by atoms with Crippen LogP contribution in [0.5, 0.6) is 11.5 Å². The van der Waals surface area contributed by atoms with Gasteiger partial charge in [-0.1, -0.05) is 30.3 Å². The van der Waals surface area contributed by atoms with E-state index in [9.17, 15) is 24.6 Å². The number of ether oxygens (including phenoxy) is 2. The first-order valence-electron chi connectivity index (χ1n) is 8.94. The largest absolute Gasteiger partial charge is 0.493 e. The van der Waals surface area contributed by atoms with Crippen LogP contribution in [0.3, 0.4) is 0 Å². The predicted molar refractivity (Wildman–Crippen MR) is 111 cm³/mol. The van der Waals surface area contributed by atoms with E-state index in [1.807, 2.05) is 6.07 Å². The third-order valence-electron chi connectivity index (χ3n) is 4.28. The first kappa shape index (κ1) is 21.2. The number of esters is 1. The summed E-state index contributed by atoms with van der Waals surface area (Å²) in [6.07, 6.45) is 1.48. The third kappa shape index (κ3) is 4.92. The van der Waals surface area contributed by atoms with E-state index >= 15 is 0 Å². The van der Waals surface area contributed by atoms with E-state index in [0.717, 1.165) is 6.07 Å². The Balaban J connectivity index is 1.89. The summed E-state index contributed by atoms with van der Waals surface area (Å²) in [7, 11) is 1.37. The summed E-state index contributed by atoms with van der Waals surface area (Å²) in [6, 6.07) is 17.6. The van der Waals surface area contributed by atoms with Crippen LogP contribution in [0.2, 0.25) is 0 Å². The highest BCUT2D eigenvalue weighted by atomic mass is 19.1. The summed E-state index contributed by atoms with van der Waals surface area (Å²) in [5.74, 6) is -1.04. The number of nitro benzene ring substituents is 1. The van der Waals surface area contributed by atoms with Crippen LogP contribution >= 0.6 is 0 Å². The van der Waals surface area contributed by atoms with Crippen molar-refractivity contribution in [3.05, 3.63) is 99.4 Å². The highest BCUT2D eigenvalue weighted by Gasteiger charge is 2.16. The van der Waals surface area contributed by atoms with Crippen LogP contribution in [0.15, 0.2) is 66.7 Å². The van der Waals surface area contributed by atoms with Gasteiger partial charge in [-0.05, 0) is 35.9 Å². The summed E-state index contributed by atoms with van der Waals surface area (Å²) < 4.78 is 24.6. The fraction of sp³-hybridized carbons (Fsp3) is 0.0435. The average Bonchev–Trinajstić information content (AvgIpc) is 2.78. The van der Waals surface area contributed by atoms with Gasteiger partial charge in [0.1, 0.15) is 5.82 Å². The number of nitro groups is 1. The molecule has 31 heavy (non-hydrogen) atoms. The number of halogens is 1. The SMILES string of the molecule is COc1cc(/C=C(/C#N)c2ccccc2F)ccc1OC(=O)c1cccc([N+](=O)[O-])c1. The molecule has 0 radical (unpaired) electrons. The van der Waals surface area contributed by atoms with Gasteiger partial charge in [0, 0.05) is 17.7 Å². The van der Waals surface area contributed by atoms with Crippen molar-refractivity contribution in [2.75, 3.05) is 7.11 Å². The number of hydrogen-bond donors (Lipinski definition) is 0. The second kappa shape index (κ2) is 9.33. The second-order valence-corrected chi connectivity index (χ2v) is 6.26. The molecule has 0 bridgehead atoms. The molecule has 7 nitrogen and oxygen atoms in total. The van der Waals surface area contributed by atoms with Gasteiger partial charge in [-0.15, -0.1) is 0 Å². The van der Waals surface area contributed by atoms with Crippen molar-refractivity contribution >= 4 is 23.3 Å². The summed E-state index contributed by atoms with van der Waals surface area (Å²) in [4.78, 5) is 22.7. The molecule has 0 aliphatic rings. The molecule has 3 aromatic rings. The molecule has 0 aromatic heterocycles. The molecule has 0 N–H and O–H groups in total. The molecule has 8 heteroatoms. The van der Waals surface area contributed by atoms with Gasteiger partial charge < -0.3 is 9.47 Å². The third-order valence-corrected chi connectivity index (χ3v) is 4.28. The highest BCUT2D eigenvalue weighted by Crippen LogP contribution is 2.31. The van der Waals surface area contributed by atoms with Gasteiger partial charge in [0.05, 0.1) is 29.2 Å². The van der Waals surface area contributed by atoms with Crippen molar-refractivity contribution in [1.82, 2.24) is 0 Å². The Hall–Kier alpha value is -4.51. The number of nitriles is 1. The molecule has 0 saturated heterocycles. The standard InChI is InChI=1S/C23H15FN2O5/c1-30-22-12-15(11-17(14-25)19-7-2-3-8-20(19)24)9-10-21(22)31-23(27)16-5-4-6-18(13-16)26(28)29/h2-13H,1H3/b17-11-. The summed E-state index contributed by atoms with van der Waals surface area (Å²) >= 11 is 0. The maximum Gasteiger partial charge on any atom is 0.343 e. The van der Waals surface area contributed by atoms with Gasteiger partial charge in [-0.2, -0.15) is 5.26 Å². The monoisotopic (exact) mass is 418 g/mol. The Morgan fingerprint density at radius 1 is 1.10 bits per heavy atom. The predicted octanol–water partition coefficient (Wildman–Crippen LogP) is 5.03. The number of methoxy groups -OCH3 is 1. The number of carbonyl (C=O) groups is 1. The lowest BCUT2D eigenvalue weighted by molar-refractivity contribution is -0.384. The lowest BCUT2D eigenvalue weighted by Gasteiger charge is -2.10. The molecule has 0 saturated carbocycles. The van der Waals surface area contributed by atoms with Gasteiger partial charge >= 0.3 is 5.97 Å². The Bertz CT molecular complexity index is 1230. The molecule has 0 amide bonds. The van der Waals surface area contributed by atoms with E-state index in [2.05, 4.69) is 0 Å². The van der Waals surface area contributed by atoms with Crippen molar-refractivity contribution < 1.29 is 23.6 Å². The van der Waals surface area contributed by atoms with E-state index < -0.39 is 16.7 Å². The molecular formula is C23H15FN2O5.